The lowest BCUT2D eigenvalue weighted by atomic mass is 10.0. The van der Waals surface area contributed by atoms with E-state index in [1.165, 1.54) is 0 Å². The van der Waals surface area contributed by atoms with Crippen LogP contribution in [0, 0.1) is 5.92 Å². The van der Waals surface area contributed by atoms with Crippen molar-refractivity contribution in [1.29, 1.82) is 0 Å². The fraction of sp³-hybridized carbons (Fsp3) is 1.00. The molecule has 0 amide bonds. The quantitative estimate of drug-likeness (QED) is 0.713. The molecule has 1 saturated heterocycles. The maximum atomic E-state index is 11.2. The largest absolute Gasteiger partial charge is 0.395 e. The van der Waals surface area contributed by atoms with E-state index in [9.17, 15) is 13.5 Å². The third-order valence-corrected chi connectivity index (χ3v) is 4.41. The molecule has 0 aliphatic carbocycles. The van der Waals surface area contributed by atoms with Crippen LogP contribution >= 0.6 is 0 Å². The van der Waals surface area contributed by atoms with Gasteiger partial charge in [0.1, 0.15) is 0 Å². The Bertz CT molecular complexity index is 260. The Morgan fingerprint density at radius 1 is 1.29 bits per heavy atom. The van der Waals surface area contributed by atoms with Gasteiger partial charge in [0, 0.05) is 19.1 Å². The van der Waals surface area contributed by atoms with E-state index < -0.39 is 9.84 Å². The Balaban J connectivity index is 2.56. The van der Waals surface area contributed by atoms with Gasteiger partial charge in [0.25, 0.3) is 0 Å². The summed E-state index contributed by atoms with van der Waals surface area (Å²) in [5.41, 5.74) is 0. The van der Waals surface area contributed by atoms with Crippen LogP contribution in [-0.2, 0) is 9.84 Å². The van der Waals surface area contributed by atoms with E-state index in [1.54, 1.807) is 0 Å². The van der Waals surface area contributed by atoms with E-state index in [-0.39, 0.29) is 24.2 Å². The van der Waals surface area contributed by atoms with Gasteiger partial charge in [-0.05, 0) is 5.92 Å². The summed E-state index contributed by atoms with van der Waals surface area (Å²) in [6, 6.07) is 0.102. The maximum Gasteiger partial charge on any atom is 0.152 e. The first-order valence-corrected chi connectivity index (χ1v) is 6.84. The van der Waals surface area contributed by atoms with Crippen LogP contribution in [0.25, 0.3) is 0 Å². The Morgan fingerprint density at radius 2 is 1.79 bits per heavy atom. The third-order valence-electron chi connectivity index (χ3n) is 2.80. The fourth-order valence-corrected chi connectivity index (χ4v) is 3.04. The molecule has 0 saturated carbocycles. The van der Waals surface area contributed by atoms with Gasteiger partial charge >= 0.3 is 0 Å². The monoisotopic (exact) mass is 221 g/mol. The number of sulfone groups is 1. The van der Waals surface area contributed by atoms with Gasteiger partial charge in [-0.15, -0.1) is 0 Å². The Hall–Kier alpha value is -0.130. The summed E-state index contributed by atoms with van der Waals surface area (Å²) in [5, 5.41) is 9.19. The van der Waals surface area contributed by atoms with Gasteiger partial charge in [0.05, 0.1) is 18.1 Å². The molecule has 1 atom stereocenters. The number of hydrogen-bond acceptors (Lipinski definition) is 4. The predicted octanol–water partition coefficient (Wildman–Crippen LogP) is -0.266. The van der Waals surface area contributed by atoms with Gasteiger partial charge in [-0.25, -0.2) is 8.42 Å². The van der Waals surface area contributed by atoms with E-state index in [4.69, 9.17) is 0 Å². The average molecular weight is 221 g/mol. The molecule has 0 bridgehead atoms. The van der Waals surface area contributed by atoms with Crippen LogP contribution in [0.2, 0.25) is 0 Å². The first-order chi connectivity index (χ1) is 6.46. The lowest BCUT2D eigenvalue weighted by Crippen LogP contribution is -2.49. The van der Waals surface area contributed by atoms with Crippen LogP contribution in [0.3, 0.4) is 0 Å². The van der Waals surface area contributed by atoms with Crippen LogP contribution in [0.4, 0.5) is 0 Å². The summed E-state index contributed by atoms with van der Waals surface area (Å²) < 4.78 is 22.4. The fourth-order valence-electron chi connectivity index (χ4n) is 1.81. The van der Waals surface area contributed by atoms with E-state index >= 15 is 0 Å². The molecule has 0 spiro atoms. The van der Waals surface area contributed by atoms with Gasteiger partial charge in [-0.1, -0.05) is 13.8 Å². The summed E-state index contributed by atoms with van der Waals surface area (Å²) in [6.07, 6.45) is 0. The van der Waals surface area contributed by atoms with Gasteiger partial charge < -0.3 is 5.11 Å². The number of aliphatic hydroxyl groups excluding tert-OH is 1. The van der Waals surface area contributed by atoms with Gasteiger partial charge in [0.15, 0.2) is 9.84 Å². The van der Waals surface area contributed by atoms with Crippen molar-refractivity contribution in [2.75, 3.05) is 31.2 Å². The van der Waals surface area contributed by atoms with Gasteiger partial charge in [0.2, 0.25) is 0 Å². The van der Waals surface area contributed by atoms with E-state index in [1.807, 2.05) is 13.8 Å². The Kier molecular flexibility index (Phi) is 3.92. The van der Waals surface area contributed by atoms with Crippen molar-refractivity contribution in [2.45, 2.75) is 19.9 Å². The second-order valence-electron chi connectivity index (χ2n) is 4.18. The maximum absolute atomic E-state index is 11.2. The lowest BCUT2D eigenvalue weighted by molar-refractivity contribution is 0.0982. The zero-order chi connectivity index (χ0) is 10.8. The minimum Gasteiger partial charge on any atom is -0.395 e. The van der Waals surface area contributed by atoms with Crippen LogP contribution in [0.1, 0.15) is 13.8 Å². The third kappa shape index (κ3) is 2.93. The Morgan fingerprint density at radius 3 is 2.14 bits per heavy atom. The van der Waals surface area contributed by atoms with Crippen molar-refractivity contribution in [3.05, 3.63) is 0 Å². The molecule has 0 aromatic rings. The van der Waals surface area contributed by atoms with Crippen LogP contribution in [0.15, 0.2) is 0 Å². The molecule has 1 aliphatic heterocycles. The number of aliphatic hydroxyl groups is 1. The highest BCUT2D eigenvalue weighted by Crippen LogP contribution is 2.14. The van der Waals surface area contributed by atoms with Crippen molar-refractivity contribution in [1.82, 2.24) is 4.90 Å². The molecule has 0 aromatic carbocycles. The van der Waals surface area contributed by atoms with Crippen molar-refractivity contribution < 1.29 is 13.5 Å². The predicted molar refractivity (Wildman–Crippen MR) is 55.9 cm³/mol. The molecule has 1 fully saturated rings. The van der Waals surface area contributed by atoms with E-state index in [2.05, 4.69) is 4.90 Å². The molecule has 1 rings (SSSR count). The first-order valence-electron chi connectivity index (χ1n) is 5.01. The van der Waals surface area contributed by atoms with Crippen molar-refractivity contribution in [2.24, 2.45) is 5.92 Å². The second kappa shape index (κ2) is 4.59. The molecule has 1 N–H and O–H groups in total. The van der Waals surface area contributed by atoms with Crippen molar-refractivity contribution in [3.8, 4) is 0 Å². The smallest absolute Gasteiger partial charge is 0.152 e. The highest BCUT2D eigenvalue weighted by atomic mass is 32.2. The lowest BCUT2D eigenvalue weighted by Gasteiger charge is -2.35. The summed E-state index contributed by atoms with van der Waals surface area (Å²) in [4.78, 5) is 2.08. The summed E-state index contributed by atoms with van der Waals surface area (Å²) in [7, 11) is -2.81. The molecule has 0 aromatic heterocycles. The molecule has 4 nitrogen and oxygen atoms in total. The van der Waals surface area contributed by atoms with Gasteiger partial charge in [-0.2, -0.15) is 0 Å². The van der Waals surface area contributed by atoms with Crippen molar-refractivity contribution in [3.63, 3.8) is 0 Å². The molecule has 1 unspecified atom stereocenters. The standard InChI is InChI=1S/C9H19NO3S/c1-8(2)9(7-11)10-3-5-14(12,13)6-4-10/h8-9,11H,3-7H2,1-2H3. The minimum absolute atomic E-state index is 0.102. The molecule has 5 heteroatoms. The summed E-state index contributed by atoms with van der Waals surface area (Å²) >= 11 is 0. The van der Waals surface area contributed by atoms with Crippen molar-refractivity contribution >= 4 is 9.84 Å². The van der Waals surface area contributed by atoms with Crippen LogP contribution in [-0.4, -0.2) is 55.7 Å². The highest BCUT2D eigenvalue weighted by Gasteiger charge is 2.27. The van der Waals surface area contributed by atoms with Crippen LogP contribution < -0.4 is 0 Å². The van der Waals surface area contributed by atoms with Crippen LogP contribution in [0.5, 0.6) is 0 Å². The summed E-state index contributed by atoms with van der Waals surface area (Å²) in [5.74, 6) is 0.827. The zero-order valence-corrected chi connectivity index (χ0v) is 9.63. The molecular weight excluding hydrogens is 202 g/mol. The molecule has 14 heavy (non-hydrogen) atoms. The molecule has 0 radical (unpaired) electrons. The zero-order valence-electron chi connectivity index (χ0n) is 8.81. The number of rotatable bonds is 3. The molecule has 1 aliphatic rings. The van der Waals surface area contributed by atoms with E-state index in [0.29, 0.717) is 19.0 Å². The number of hydrogen-bond donors (Lipinski definition) is 1. The Labute approximate surface area is 85.8 Å². The second-order valence-corrected chi connectivity index (χ2v) is 6.49. The normalized spacial score (nSPS) is 25.1. The average Bonchev–Trinajstić information content (AvgIpc) is 2.08. The summed E-state index contributed by atoms with van der Waals surface area (Å²) in [6.45, 7) is 5.32. The topological polar surface area (TPSA) is 57.6 Å². The number of nitrogens with zero attached hydrogens (tertiary/aromatic N) is 1. The molecule has 84 valence electrons. The molecular formula is C9H19NO3S. The SMILES string of the molecule is CC(C)C(CO)N1CCS(=O)(=O)CC1. The highest BCUT2D eigenvalue weighted by molar-refractivity contribution is 7.91. The molecule has 1 heterocycles. The minimum atomic E-state index is -2.81. The van der Waals surface area contributed by atoms with E-state index in [0.717, 1.165) is 0 Å². The first kappa shape index (κ1) is 11.9. The van der Waals surface area contributed by atoms with Gasteiger partial charge in [-0.3, -0.25) is 4.90 Å².